The molecule has 0 bridgehead atoms. The van der Waals surface area contributed by atoms with Crippen LogP contribution in [-0.2, 0) is 16.6 Å². The lowest BCUT2D eigenvalue weighted by molar-refractivity contribution is -0.140. The van der Waals surface area contributed by atoms with E-state index in [0.717, 1.165) is 5.52 Å². The molecule has 1 aliphatic heterocycles. The topological polar surface area (TPSA) is 93.7 Å². The Labute approximate surface area is 165 Å². The smallest absolute Gasteiger partial charge is 0.254 e. The normalized spacial score (nSPS) is 17.5. The number of hydrogen-bond donors (Lipinski definition) is 1. The molecule has 1 saturated heterocycles. The van der Waals surface area contributed by atoms with Crippen LogP contribution in [0.3, 0.4) is 0 Å². The first-order valence-corrected chi connectivity index (χ1v) is 9.66. The summed E-state index contributed by atoms with van der Waals surface area (Å²) in [7, 11) is 1.84. The number of benzene rings is 1. The Hall–Kier alpha value is -2.61. The van der Waals surface area contributed by atoms with Crippen molar-refractivity contribution in [3.05, 3.63) is 23.8 Å². The summed E-state index contributed by atoms with van der Waals surface area (Å²) in [5.41, 5.74) is 8.02. The van der Waals surface area contributed by atoms with Gasteiger partial charge in [0.15, 0.2) is 0 Å². The van der Waals surface area contributed by atoms with E-state index in [1.54, 1.807) is 26.5 Å². The van der Waals surface area contributed by atoms with E-state index in [0.29, 0.717) is 49.2 Å². The molecule has 0 saturated carbocycles. The van der Waals surface area contributed by atoms with E-state index in [1.165, 1.54) is 0 Å². The first kappa shape index (κ1) is 20.1. The van der Waals surface area contributed by atoms with Gasteiger partial charge in [-0.05, 0) is 31.0 Å². The molecular weight excluding hydrogens is 358 g/mol. The summed E-state index contributed by atoms with van der Waals surface area (Å²) in [6.45, 7) is 8.23. The first-order valence-electron chi connectivity index (χ1n) is 9.66. The van der Waals surface area contributed by atoms with E-state index in [-0.39, 0.29) is 24.5 Å². The number of rotatable bonds is 5. The van der Waals surface area contributed by atoms with E-state index >= 15 is 0 Å². The lowest BCUT2D eigenvalue weighted by atomic mass is 10.1. The third kappa shape index (κ3) is 4.11. The number of hydrogen-bond acceptors (Lipinski definition) is 5. The van der Waals surface area contributed by atoms with Crippen LogP contribution in [0.2, 0.25) is 0 Å². The Kier molecular flexibility index (Phi) is 5.88. The second kappa shape index (κ2) is 8.18. The monoisotopic (exact) mass is 387 g/mol. The van der Waals surface area contributed by atoms with Gasteiger partial charge in [-0.25, -0.2) is 4.98 Å². The summed E-state index contributed by atoms with van der Waals surface area (Å²) in [4.78, 5) is 33.2. The minimum Gasteiger partial charge on any atom is -0.371 e. The summed E-state index contributed by atoms with van der Waals surface area (Å²) in [5, 5.41) is 0. The van der Waals surface area contributed by atoms with Gasteiger partial charge in [0.05, 0.1) is 11.0 Å². The molecule has 1 atom stereocenters. The van der Waals surface area contributed by atoms with Gasteiger partial charge in [-0.3, -0.25) is 9.59 Å². The maximum Gasteiger partial charge on any atom is 0.254 e. The standard InChI is InChI=1S/C20H29N5O3/c1-13(2)11-28-12-18(26)25-8-7-24(10-14(25)3)19(27)15-5-6-17-16(9-15)22-20(21)23(17)4/h5-6,9,13-14H,7-8,10-12H2,1-4H3,(H2,21,22). The summed E-state index contributed by atoms with van der Waals surface area (Å²) >= 11 is 0. The summed E-state index contributed by atoms with van der Waals surface area (Å²) in [5.74, 6) is 0.735. The van der Waals surface area contributed by atoms with Crippen molar-refractivity contribution in [3.8, 4) is 0 Å². The summed E-state index contributed by atoms with van der Waals surface area (Å²) in [6, 6.07) is 5.38. The molecule has 2 heterocycles. The first-order chi connectivity index (χ1) is 13.3. The minimum atomic E-state index is -0.0545. The Bertz CT molecular complexity index is 876. The van der Waals surface area contributed by atoms with Crippen LogP contribution in [0, 0.1) is 5.92 Å². The molecule has 1 fully saturated rings. The zero-order valence-electron chi connectivity index (χ0n) is 17.0. The number of nitrogens with two attached hydrogens (primary N) is 1. The zero-order valence-corrected chi connectivity index (χ0v) is 17.0. The van der Waals surface area contributed by atoms with Gasteiger partial charge in [-0.15, -0.1) is 0 Å². The van der Waals surface area contributed by atoms with Crippen LogP contribution in [0.4, 0.5) is 5.95 Å². The Morgan fingerprint density at radius 2 is 2.07 bits per heavy atom. The molecule has 2 aromatic rings. The van der Waals surface area contributed by atoms with Crippen LogP contribution in [-0.4, -0.2) is 70.1 Å². The number of imidazole rings is 1. The Morgan fingerprint density at radius 1 is 1.32 bits per heavy atom. The van der Waals surface area contributed by atoms with Gasteiger partial charge in [0.2, 0.25) is 11.9 Å². The van der Waals surface area contributed by atoms with E-state index in [1.807, 2.05) is 33.9 Å². The number of nitrogens with zero attached hydrogens (tertiary/aromatic N) is 4. The van der Waals surface area contributed by atoms with E-state index in [4.69, 9.17) is 10.5 Å². The molecule has 1 unspecified atom stereocenters. The second-order valence-corrected chi connectivity index (χ2v) is 7.83. The molecule has 3 rings (SSSR count). The molecule has 28 heavy (non-hydrogen) atoms. The minimum absolute atomic E-state index is 0.0226. The average Bonchev–Trinajstić information content (AvgIpc) is 2.94. The van der Waals surface area contributed by atoms with Crippen molar-refractivity contribution in [1.29, 1.82) is 0 Å². The molecular formula is C20H29N5O3. The van der Waals surface area contributed by atoms with Crippen molar-refractivity contribution < 1.29 is 14.3 Å². The van der Waals surface area contributed by atoms with Gasteiger partial charge in [0.25, 0.3) is 5.91 Å². The van der Waals surface area contributed by atoms with Gasteiger partial charge in [0.1, 0.15) is 6.61 Å². The largest absolute Gasteiger partial charge is 0.371 e. The van der Waals surface area contributed by atoms with Crippen LogP contribution in [0.5, 0.6) is 0 Å². The Balaban J connectivity index is 1.63. The predicted octanol–water partition coefficient (Wildman–Crippen LogP) is 1.50. The van der Waals surface area contributed by atoms with Gasteiger partial charge in [0, 0.05) is 44.9 Å². The molecule has 0 radical (unpaired) electrons. The van der Waals surface area contributed by atoms with Crippen LogP contribution in [0.1, 0.15) is 31.1 Å². The predicted molar refractivity (Wildman–Crippen MR) is 108 cm³/mol. The highest BCUT2D eigenvalue weighted by Crippen LogP contribution is 2.20. The molecule has 1 aliphatic rings. The van der Waals surface area contributed by atoms with Crippen LogP contribution in [0.15, 0.2) is 18.2 Å². The van der Waals surface area contributed by atoms with Crippen molar-refractivity contribution in [2.75, 3.05) is 38.6 Å². The lowest BCUT2D eigenvalue weighted by Gasteiger charge is -2.40. The number of piperazine rings is 1. The maximum atomic E-state index is 12.9. The zero-order chi connectivity index (χ0) is 20.4. The molecule has 1 aromatic heterocycles. The third-order valence-corrected chi connectivity index (χ3v) is 5.07. The van der Waals surface area contributed by atoms with Crippen molar-refractivity contribution in [2.45, 2.75) is 26.8 Å². The highest BCUT2D eigenvalue weighted by molar-refractivity contribution is 5.98. The van der Waals surface area contributed by atoms with Gasteiger partial charge in [-0.2, -0.15) is 0 Å². The van der Waals surface area contributed by atoms with Gasteiger partial charge in [-0.1, -0.05) is 13.8 Å². The molecule has 2 N–H and O–H groups in total. The molecule has 152 valence electrons. The molecule has 1 aromatic carbocycles. The molecule has 8 heteroatoms. The quantitative estimate of drug-likeness (QED) is 0.839. The van der Waals surface area contributed by atoms with Crippen LogP contribution in [0.25, 0.3) is 11.0 Å². The number of fused-ring (bicyclic) bond motifs is 1. The van der Waals surface area contributed by atoms with Gasteiger partial charge >= 0.3 is 0 Å². The SMILES string of the molecule is CC(C)COCC(=O)N1CCN(C(=O)c2ccc3c(c2)nc(N)n3C)CC1C. The number of ether oxygens (including phenoxy) is 1. The number of nitrogen functional groups attached to an aromatic ring is 1. The van der Waals surface area contributed by atoms with Crippen molar-refractivity contribution in [3.63, 3.8) is 0 Å². The number of carbonyl (C=O) groups excluding carboxylic acids is 2. The van der Waals surface area contributed by atoms with Crippen molar-refractivity contribution in [2.24, 2.45) is 13.0 Å². The van der Waals surface area contributed by atoms with Gasteiger partial charge < -0.3 is 24.8 Å². The van der Waals surface area contributed by atoms with Crippen LogP contribution < -0.4 is 5.73 Å². The third-order valence-electron chi connectivity index (χ3n) is 5.07. The number of anilines is 1. The summed E-state index contributed by atoms with van der Waals surface area (Å²) in [6.07, 6.45) is 0. The highest BCUT2D eigenvalue weighted by Gasteiger charge is 2.30. The lowest BCUT2D eigenvalue weighted by Crippen LogP contribution is -2.56. The number of amides is 2. The average molecular weight is 387 g/mol. The number of aryl methyl sites for hydroxylation is 1. The summed E-state index contributed by atoms with van der Waals surface area (Å²) < 4.78 is 7.25. The van der Waals surface area contributed by atoms with Crippen molar-refractivity contribution >= 4 is 28.8 Å². The van der Waals surface area contributed by atoms with E-state index in [2.05, 4.69) is 4.98 Å². The van der Waals surface area contributed by atoms with Crippen molar-refractivity contribution in [1.82, 2.24) is 19.4 Å². The Morgan fingerprint density at radius 3 is 2.75 bits per heavy atom. The number of carbonyl (C=O) groups is 2. The molecule has 8 nitrogen and oxygen atoms in total. The molecule has 2 amide bonds. The highest BCUT2D eigenvalue weighted by atomic mass is 16.5. The van der Waals surface area contributed by atoms with E-state index in [9.17, 15) is 9.59 Å². The fraction of sp³-hybridized carbons (Fsp3) is 0.550. The number of aromatic nitrogens is 2. The molecule has 0 aliphatic carbocycles. The maximum absolute atomic E-state index is 12.9. The van der Waals surface area contributed by atoms with Crippen LogP contribution >= 0.6 is 0 Å². The molecule has 0 spiro atoms. The van der Waals surface area contributed by atoms with E-state index < -0.39 is 0 Å². The second-order valence-electron chi connectivity index (χ2n) is 7.83. The fourth-order valence-electron chi connectivity index (χ4n) is 3.51. The fourth-order valence-corrected chi connectivity index (χ4v) is 3.51.